The van der Waals surface area contributed by atoms with Gasteiger partial charge in [-0.3, -0.25) is 14.6 Å². The van der Waals surface area contributed by atoms with Crippen LogP contribution < -0.4 is 5.32 Å². The van der Waals surface area contributed by atoms with Gasteiger partial charge in [0.25, 0.3) is 5.91 Å². The fourth-order valence-corrected chi connectivity index (χ4v) is 5.24. The van der Waals surface area contributed by atoms with Crippen LogP contribution in [0.1, 0.15) is 60.5 Å². The zero-order valence-electron chi connectivity index (χ0n) is 17.1. The molecule has 2 aliphatic heterocycles. The SMILES string of the molecule is CN1Cc2nnc(C(=O)NC3CCCCC3)n2C[C@]12CCN(Cc1ccoc1)C2. The minimum Gasteiger partial charge on any atom is -0.472 e. The number of furan rings is 1. The average molecular weight is 399 g/mol. The Morgan fingerprint density at radius 3 is 2.93 bits per heavy atom. The van der Waals surface area contributed by atoms with Crippen molar-refractivity contribution in [3.05, 3.63) is 35.8 Å². The van der Waals surface area contributed by atoms with Crippen LogP contribution in [0.4, 0.5) is 0 Å². The second kappa shape index (κ2) is 7.57. The molecule has 0 bridgehead atoms. The summed E-state index contributed by atoms with van der Waals surface area (Å²) < 4.78 is 7.29. The van der Waals surface area contributed by atoms with E-state index in [0.717, 1.165) is 57.8 Å². The number of aromatic nitrogens is 3. The van der Waals surface area contributed by atoms with Crippen molar-refractivity contribution >= 4 is 5.91 Å². The lowest BCUT2D eigenvalue weighted by Gasteiger charge is -2.42. The Bertz CT molecular complexity index is 857. The number of amides is 1. The van der Waals surface area contributed by atoms with Crippen LogP contribution >= 0.6 is 0 Å². The summed E-state index contributed by atoms with van der Waals surface area (Å²) in [4.78, 5) is 17.8. The maximum atomic E-state index is 12.9. The monoisotopic (exact) mass is 398 g/mol. The van der Waals surface area contributed by atoms with Crippen LogP contribution in [-0.4, -0.2) is 62.2 Å². The zero-order chi connectivity index (χ0) is 19.8. The maximum absolute atomic E-state index is 12.9. The summed E-state index contributed by atoms with van der Waals surface area (Å²) in [7, 11) is 2.17. The van der Waals surface area contributed by atoms with Crippen molar-refractivity contribution in [2.45, 2.75) is 69.7 Å². The molecule has 0 radical (unpaired) electrons. The molecule has 2 aromatic heterocycles. The first kappa shape index (κ1) is 18.8. The molecular formula is C21H30N6O2. The topological polar surface area (TPSA) is 79.4 Å². The Balaban J connectivity index is 1.31. The predicted molar refractivity (Wildman–Crippen MR) is 107 cm³/mol. The van der Waals surface area contributed by atoms with E-state index in [1.54, 1.807) is 6.26 Å². The molecule has 1 N–H and O–H groups in total. The van der Waals surface area contributed by atoms with Crippen LogP contribution in [0.5, 0.6) is 0 Å². The lowest BCUT2D eigenvalue weighted by atomic mass is 9.94. The van der Waals surface area contributed by atoms with Crippen LogP contribution in [0, 0.1) is 0 Å². The highest BCUT2D eigenvalue weighted by atomic mass is 16.3. The van der Waals surface area contributed by atoms with Gasteiger partial charge >= 0.3 is 0 Å². The molecule has 2 fully saturated rings. The van der Waals surface area contributed by atoms with Crippen molar-refractivity contribution in [2.75, 3.05) is 20.1 Å². The van der Waals surface area contributed by atoms with Gasteiger partial charge in [-0.2, -0.15) is 0 Å². The lowest BCUT2D eigenvalue weighted by molar-refractivity contribution is 0.0646. The largest absolute Gasteiger partial charge is 0.472 e. The summed E-state index contributed by atoms with van der Waals surface area (Å²) in [5.41, 5.74) is 1.22. The van der Waals surface area contributed by atoms with E-state index in [1.165, 1.54) is 24.8 Å². The summed E-state index contributed by atoms with van der Waals surface area (Å²) in [5, 5.41) is 11.8. The quantitative estimate of drug-likeness (QED) is 0.849. The van der Waals surface area contributed by atoms with E-state index >= 15 is 0 Å². The third kappa shape index (κ3) is 3.59. The molecule has 156 valence electrons. The Kier molecular flexibility index (Phi) is 4.91. The van der Waals surface area contributed by atoms with E-state index in [0.29, 0.717) is 5.82 Å². The molecule has 0 aromatic carbocycles. The Morgan fingerprint density at radius 1 is 1.28 bits per heavy atom. The fraction of sp³-hybridized carbons (Fsp3) is 0.667. The molecule has 1 spiro atoms. The van der Waals surface area contributed by atoms with Crippen molar-refractivity contribution in [3.8, 4) is 0 Å². The van der Waals surface area contributed by atoms with Crippen molar-refractivity contribution in [2.24, 2.45) is 0 Å². The molecule has 4 heterocycles. The third-order valence-corrected chi connectivity index (χ3v) is 7.01. The number of fused-ring (bicyclic) bond motifs is 1. The van der Waals surface area contributed by atoms with Crippen LogP contribution in [-0.2, 0) is 19.6 Å². The summed E-state index contributed by atoms with van der Waals surface area (Å²) in [6.45, 7) is 4.40. The van der Waals surface area contributed by atoms with Gasteiger partial charge in [0.15, 0.2) is 0 Å². The molecule has 3 aliphatic rings. The van der Waals surface area contributed by atoms with Gasteiger partial charge < -0.3 is 14.3 Å². The molecule has 1 atom stereocenters. The number of likely N-dealkylation sites (N-methyl/N-ethyl adjacent to an activating group) is 1. The number of nitrogens with one attached hydrogen (secondary N) is 1. The summed E-state index contributed by atoms with van der Waals surface area (Å²) >= 11 is 0. The van der Waals surface area contributed by atoms with E-state index in [-0.39, 0.29) is 17.5 Å². The highest BCUT2D eigenvalue weighted by Gasteiger charge is 2.46. The Morgan fingerprint density at radius 2 is 2.14 bits per heavy atom. The number of carbonyl (C=O) groups is 1. The smallest absolute Gasteiger partial charge is 0.289 e. The Hall–Kier alpha value is -2.19. The number of rotatable bonds is 4. The number of hydrogen-bond donors (Lipinski definition) is 1. The first-order chi connectivity index (χ1) is 14.1. The number of likely N-dealkylation sites (tertiary alicyclic amines) is 1. The van der Waals surface area contributed by atoms with Crippen LogP contribution in [0.2, 0.25) is 0 Å². The van der Waals surface area contributed by atoms with E-state index in [1.807, 2.05) is 12.3 Å². The van der Waals surface area contributed by atoms with E-state index < -0.39 is 0 Å². The van der Waals surface area contributed by atoms with Gasteiger partial charge in [0.1, 0.15) is 5.82 Å². The maximum Gasteiger partial charge on any atom is 0.289 e. The van der Waals surface area contributed by atoms with E-state index in [9.17, 15) is 4.79 Å². The van der Waals surface area contributed by atoms with Gasteiger partial charge in [0.2, 0.25) is 5.82 Å². The fourth-order valence-electron chi connectivity index (χ4n) is 5.24. The first-order valence-corrected chi connectivity index (χ1v) is 10.8. The number of carbonyl (C=O) groups excluding carboxylic acids is 1. The van der Waals surface area contributed by atoms with Gasteiger partial charge in [-0.25, -0.2) is 0 Å². The Labute approximate surface area is 171 Å². The standard InChI is InChI=1S/C21H30N6O2/c1-25-12-18-23-24-19(20(28)22-17-5-3-2-4-6-17)27(18)15-21(25)8-9-26(14-21)11-16-7-10-29-13-16/h7,10,13,17H,2-6,8-9,11-12,14-15H2,1H3,(H,22,28)/t21-/m1/s1. The second-order valence-electron chi connectivity index (χ2n) is 9.01. The molecule has 29 heavy (non-hydrogen) atoms. The van der Waals surface area contributed by atoms with Crippen molar-refractivity contribution < 1.29 is 9.21 Å². The molecule has 1 saturated carbocycles. The van der Waals surface area contributed by atoms with Crippen LogP contribution in [0.25, 0.3) is 0 Å². The van der Waals surface area contributed by atoms with E-state index in [2.05, 4.69) is 36.9 Å². The van der Waals surface area contributed by atoms with Gasteiger partial charge in [-0.1, -0.05) is 19.3 Å². The number of hydrogen-bond acceptors (Lipinski definition) is 6. The van der Waals surface area contributed by atoms with E-state index in [4.69, 9.17) is 4.42 Å². The van der Waals surface area contributed by atoms with Gasteiger partial charge in [0, 0.05) is 37.8 Å². The summed E-state index contributed by atoms with van der Waals surface area (Å²) in [6, 6.07) is 2.31. The summed E-state index contributed by atoms with van der Waals surface area (Å²) in [5.74, 6) is 1.30. The van der Waals surface area contributed by atoms with Crippen molar-refractivity contribution in [1.29, 1.82) is 0 Å². The average Bonchev–Trinajstić information content (AvgIpc) is 3.45. The van der Waals surface area contributed by atoms with Crippen LogP contribution in [0.15, 0.2) is 23.0 Å². The van der Waals surface area contributed by atoms with Crippen LogP contribution in [0.3, 0.4) is 0 Å². The normalized spacial score (nSPS) is 26.1. The lowest BCUT2D eigenvalue weighted by Crippen LogP contribution is -2.55. The first-order valence-electron chi connectivity index (χ1n) is 10.8. The number of nitrogens with zero attached hydrogens (tertiary/aromatic N) is 5. The molecule has 0 unspecified atom stereocenters. The van der Waals surface area contributed by atoms with Gasteiger partial charge in [-0.15, -0.1) is 10.2 Å². The highest BCUT2D eigenvalue weighted by Crippen LogP contribution is 2.34. The van der Waals surface area contributed by atoms with Gasteiger partial charge in [-0.05, 0) is 32.4 Å². The molecule has 1 amide bonds. The summed E-state index contributed by atoms with van der Waals surface area (Å²) in [6.07, 6.45) is 10.4. The highest BCUT2D eigenvalue weighted by molar-refractivity contribution is 5.91. The molecule has 5 rings (SSSR count). The zero-order valence-corrected chi connectivity index (χ0v) is 17.1. The molecular weight excluding hydrogens is 368 g/mol. The molecule has 8 nitrogen and oxygen atoms in total. The predicted octanol–water partition coefficient (Wildman–Crippen LogP) is 2.02. The van der Waals surface area contributed by atoms with Crippen molar-refractivity contribution in [1.82, 2.24) is 29.9 Å². The van der Waals surface area contributed by atoms with Crippen molar-refractivity contribution in [3.63, 3.8) is 0 Å². The second-order valence-corrected chi connectivity index (χ2v) is 9.01. The molecule has 1 saturated heterocycles. The molecule has 8 heteroatoms. The van der Waals surface area contributed by atoms with Gasteiger partial charge in [0.05, 0.1) is 24.6 Å². The molecule has 2 aromatic rings. The minimum absolute atomic E-state index is 0.0129. The minimum atomic E-state index is -0.0661. The third-order valence-electron chi connectivity index (χ3n) is 7.01. The molecule has 1 aliphatic carbocycles.